The number of hydrogen-bond acceptors (Lipinski definition) is 4. The smallest absolute Gasteiger partial charge is 0.323 e. The average Bonchev–Trinajstić information content (AvgIpc) is 3.11. The number of imidazole rings is 1. The molecule has 0 aliphatic rings. The molecule has 4 aromatic rings. The first-order valence-corrected chi connectivity index (χ1v) is 10.1. The molecule has 0 bridgehead atoms. The number of benzene rings is 3. The van der Waals surface area contributed by atoms with E-state index in [-0.39, 0.29) is 17.3 Å². The van der Waals surface area contributed by atoms with Gasteiger partial charge in [0.25, 0.3) is 0 Å². The number of rotatable bonds is 7. The number of aromatic amines is 2. The highest BCUT2D eigenvalue weighted by Crippen LogP contribution is 2.35. The number of halogens is 3. The fourth-order valence-electron chi connectivity index (χ4n) is 3.12. The molecule has 0 amide bonds. The molecule has 1 heterocycles. The van der Waals surface area contributed by atoms with Gasteiger partial charge in [0.15, 0.2) is 11.5 Å². The number of methoxy groups -OCH3 is 1. The van der Waals surface area contributed by atoms with Crippen LogP contribution in [0.1, 0.15) is 11.1 Å². The molecule has 1 aromatic heterocycles. The van der Waals surface area contributed by atoms with E-state index in [9.17, 15) is 9.18 Å². The van der Waals surface area contributed by atoms with Crippen LogP contribution in [0.15, 0.2) is 53.3 Å². The van der Waals surface area contributed by atoms with E-state index in [0.29, 0.717) is 34.1 Å². The summed E-state index contributed by atoms with van der Waals surface area (Å²) in [5.74, 6) is 0.543. The fourth-order valence-corrected chi connectivity index (χ4v) is 3.56. The zero-order valence-corrected chi connectivity index (χ0v) is 17.9. The summed E-state index contributed by atoms with van der Waals surface area (Å²) in [6.07, 6.45) is 0. The van der Waals surface area contributed by atoms with E-state index in [1.54, 1.807) is 18.2 Å². The van der Waals surface area contributed by atoms with Crippen molar-refractivity contribution in [1.82, 2.24) is 9.97 Å². The summed E-state index contributed by atoms with van der Waals surface area (Å²) < 4.78 is 24.5. The Balaban J connectivity index is 1.49. The van der Waals surface area contributed by atoms with Gasteiger partial charge >= 0.3 is 5.69 Å². The van der Waals surface area contributed by atoms with E-state index in [2.05, 4.69) is 15.3 Å². The van der Waals surface area contributed by atoms with Gasteiger partial charge in [-0.25, -0.2) is 9.18 Å². The first-order valence-electron chi connectivity index (χ1n) is 9.32. The Kier molecular flexibility index (Phi) is 6.06. The number of anilines is 1. The maximum Gasteiger partial charge on any atom is 0.323 e. The molecule has 0 atom stereocenters. The molecule has 31 heavy (non-hydrogen) atoms. The predicted octanol–water partition coefficient (Wildman–Crippen LogP) is 5.50. The van der Waals surface area contributed by atoms with Gasteiger partial charge in [0.2, 0.25) is 0 Å². The summed E-state index contributed by atoms with van der Waals surface area (Å²) in [5, 5.41) is 4.05. The number of nitrogens with one attached hydrogen (secondary N) is 3. The van der Waals surface area contributed by atoms with Gasteiger partial charge in [-0.2, -0.15) is 0 Å². The average molecular weight is 462 g/mol. The highest BCUT2D eigenvalue weighted by molar-refractivity contribution is 6.31. The van der Waals surface area contributed by atoms with E-state index in [4.69, 9.17) is 32.7 Å². The summed E-state index contributed by atoms with van der Waals surface area (Å²) in [6, 6.07) is 13.1. The van der Waals surface area contributed by atoms with Gasteiger partial charge in [-0.15, -0.1) is 0 Å². The van der Waals surface area contributed by atoms with Crippen molar-refractivity contribution in [3.63, 3.8) is 0 Å². The lowest BCUT2D eigenvalue weighted by Gasteiger charge is -2.15. The van der Waals surface area contributed by atoms with Crippen molar-refractivity contribution in [2.45, 2.75) is 13.2 Å². The minimum absolute atomic E-state index is 0.137. The van der Waals surface area contributed by atoms with Gasteiger partial charge in [-0.1, -0.05) is 29.3 Å². The van der Waals surface area contributed by atoms with Crippen molar-refractivity contribution in [3.05, 3.63) is 86.0 Å². The number of ether oxygens (including phenoxy) is 2. The van der Waals surface area contributed by atoms with Crippen molar-refractivity contribution < 1.29 is 13.9 Å². The largest absolute Gasteiger partial charge is 0.493 e. The SMILES string of the molecule is COc1cc(CNc2ccc3[nH]c(=O)[nH]c3c2)c(Cl)cc1OCc1ccc(F)cc1Cl. The van der Waals surface area contributed by atoms with Gasteiger partial charge in [0, 0.05) is 28.9 Å². The first kappa shape index (κ1) is 21.1. The Bertz CT molecular complexity index is 1300. The normalized spacial score (nSPS) is 11.0. The van der Waals surface area contributed by atoms with E-state index in [0.717, 1.165) is 16.8 Å². The van der Waals surface area contributed by atoms with Crippen LogP contribution in [-0.4, -0.2) is 17.1 Å². The molecule has 0 radical (unpaired) electrons. The van der Waals surface area contributed by atoms with Crippen molar-refractivity contribution >= 4 is 39.9 Å². The molecule has 4 rings (SSSR count). The molecule has 0 aliphatic heterocycles. The number of aromatic nitrogens is 2. The lowest BCUT2D eigenvalue weighted by Crippen LogP contribution is -2.03. The highest BCUT2D eigenvalue weighted by atomic mass is 35.5. The quantitative estimate of drug-likeness (QED) is 0.339. The zero-order chi connectivity index (χ0) is 22.0. The van der Waals surface area contributed by atoms with E-state index in [1.165, 1.54) is 19.2 Å². The Morgan fingerprint density at radius 1 is 0.935 bits per heavy atom. The first-order chi connectivity index (χ1) is 14.9. The molecule has 160 valence electrons. The second kappa shape index (κ2) is 8.91. The van der Waals surface area contributed by atoms with Gasteiger partial charge in [-0.3, -0.25) is 0 Å². The van der Waals surface area contributed by atoms with Crippen LogP contribution in [0.2, 0.25) is 10.0 Å². The summed E-state index contributed by atoms with van der Waals surface area (Å²) in [5.41, 5.74) is 3.46. The Labute approximate surface area is 186 Å². The van der Waals surface area contributed by atoms with Gasteiger partial charge in [0.05, 0.1) is 23.2 Å². The molecule has 9 heteroatoms. The maximum atomic E-state index is 13.2. The van der Waals surface area contributed by atoms with E-state index in [1.807, 2.05) is 18.2 Å². The van der Waals surface area contributed by atoms with Crippen molar-refractivity contribution in [1.29, 1.82) is 0 Å². The molecule has 0 unspecified atom stereocenters. The van der Waals surface area contributed by atoms with Crippen LogP contribution in [0.4, 0.5) is 10.1 Å². The van der Waals surface area contributed by atoms with Crippen LogP contribution < -0.4 is 20.5 Å². The molecule has 3 N–H and O–H groups in total. The standard InChI is InChI=1S/C22H18Cl2FN3O3/c1-30-20-6-13(10-26-15-4-5-18-19(8-15)28-22(29)27-18)17(24)9-21(20)31-11-12-2-3-14(25)7-16(12)23/h2-9,26H,10-11H2,1H3,(H2,27,28,29). The summed E-state index contributed by atoms with van der Waals surface area (Å²) in [4.78, 5) is 16.8. The molecule has 0 fully saturated rings. The molecule has 3 aromatic carbocycles. The van der Waals surface area contributed by atoms with Crippen LogP contribution in [0.25, 0.3) is 11.0 Å². The van der Waals surface area contributed by atoms with Crippen LogP contribution in [0, 0.1) is 5.82 Å². The number of fused-ring (bicyclic) bond motifs is 1. The molecule has 0 saturated heterocycles. The lowest BCUT2D eigenvalue weighted by atomic mass is 10.2. The van der Waals surface area contributed by atoms with Gasteiger partial charge in [0.1, 0.15) is 12.4 Å². The van der Waals surface area contributed by atoms with Crippen LogP contribution in [0.5, 0.6) is 11.5 Å². The van der Waals surface area contributed by atoms with Gasteiger partial charge < -0.3 is 24.8 Å². The second-order valence-electron chi connectivity index (χ2n) is 6.81. The molecule has 0 saturated carbocycles. The molecule has 6 nitrogen and oxygen atoms in total. The monoisotopic (exact) mass is 461 g/mol. The molecular formula is C22H18Cl2FN3O3. The third kappa shape index (κ3) is 4.78. The number of hydrogen-bond donors (Lipinski definition) is 3. The van der Waals surface area contributed by atoms with Crippen LogP contribution in [-0.2, 0) is 13.2 Å². The molecule has 0 spiro atoms. The Morgan fingerprint density at radius 3 is 2.48 bits per heavy atom. The summed E-state index contributed by atoms with van der Waals surface area (Å²) in [6.45, 7) is 0.567. The lowest BCUT2D eigenvalue weighted by molar-refractivity contribution is 0.284. The summed E-state index contributed by atoms with van der Waals surface area (Å²) >= 11 is 12.5. The van der Waals surface area contributed by atoms with E-state index >= 15 is 0 Å². The van der Waals surface area contributed by atoms with Crippen molar-refractivity contribution in [2.24, 2.45) is 0 Å². The van der Waals surface area contributed by atoms with Crippen LogP contribution in [0.3, 0.4) is 0 Å². The second-order valence-corrected chi connectivity index (χ2v) is 7.63. The molecule has 0 aliphatic carbocycles. The van der Waals surface area contributed by atoms with E-state index < -0.39 is 5.82 Å². The highest BCUT2D eigenvalue weighted by Gasteiger charge is 2.12. The zero-order valence-electron chi connectivity index (χ0n) is 16.4. The maximum absolute atomic E-state index is 13.2. The third-order valence-corrected chi connectivity index (χ3v) is 5.43. The minimum Gasteiger partial charge on any atom is -0.493 e. The predicted molar refractivity (Wildman–Crippen MR) is 120 cm³/mol. The van der Waals surface area contributed by atoms with Gasteiger partial charge in [-0.05, 0) is 42.0 Å². The Hall–Kier alpha value is -3.16. The van der Waals surface area contributed by atoms with Crippen molar-refractivity contribution in [3.8, 4) is 11.5 Å². The fraction of sp³-hybridized carbons (Fsp3) is 0.136. The number of H-pyrrole nitrogens is 2. The Morgan fingerprint density at radius 2 is 1.71 bits per heavy atom. The minimum atomic E-state index is -0.409. The summed E-state index contributed by atoms with van der Waals surface area (Å²) in [7, 11) is 1.54. The van der Waals surface area contributed by atoms with Crippen molar-refractivity contribution in [2.75, 3.05) is 12.4 Å². The van der Waals surface area contributed by atoms with Crippen LogP contribution >= 0.6 is 23.2 Å². The third-order valence-electron chi connectivity index (χ3n) is 4.73. The topological polar surface area (TPSA) is 79.1 Å². The molecular weight excluding hydrogens is 444 g/mol.